The molecule has 0 spiro atoms. The van der Waals surface area contributed by atoms with Crippen LogP contribution in [0.25, 0.3) is 10.9 Å². The van der Waals surface area contributed by atoms with E-state index in [1.165, 1.54) is 0 Å². The molecule has 1 atom stereocenters. The molecule has 0 fully saturated rings. The van der Waals surface area contributed by atoms with Gasteiger partial charge in [-0.3, -0.25) is 14.7 Å². The number of carboxylic acid groups (broad SMARTS) is 1. The van der Waals surface area contributed by atoms with Gasteiger partial charge in [0, 0.05) is 17.4 Å². The maximum atomic E-state index is 12.0. The molecule has 1 aromatic carbocycles. The first kappa shape index (κ1) is 14.5. The number of aromatic nitrogens is 2. The summed E-state index contributed by atoms with van der Waals surface area (Å²) >= 11 is 0. The highest BCUT2D eigenvalue weighted by Gasteiger charge is 2.21. The van der Waals surface area contributed by atoms with Crippen molar-refractivity contribution in [1.82, 2.24) is 15.5 Å². The van der Waals surface area contributed by atoms with E-state index in [-0.39, 0.29) is 12.8 Å². The Hall–Kier alpha value is -2.90. The van der Waals surface area contributed by atoms with Gasteiger partial charge < -0.3 is 16.2 Å². The lowest BCUT2D eigenvalue weighted by atomic mass is 10.1. The minimum absolute atomic E-state index is 0.0512. The van der Waals surface area contributed by atoms with Crippen LogP contribution in [0.1, 0.15) is 23.2 Å². The first-order valence-corrected chi connectivity index (χ1v) is 6.22. The van der Waals surface area contributed by atoms with Gasteiger partial charge in [0.2, 0.25) is 5.91 Å². The Morgan fingerprint density at radius 1 is 1.38 bits per heavy atom. The molecule has 1 aromatic heterocycles. The number of rotatable bonds is 6. The van der Waals surface area contributed by atoms with Crippen LogP contribution in [-0.4, -0.2) is 39.1 Å². The highest BCUT2D eigenvalue weighted by Crippen LogP contribution is 2.13. The standard InChI is InChI=1S/C13H14N4O4/c14-11(18)4-3-10(13(20)21)16-12(19)7-1-2-9-8(5-7)6-15-17-9/h1-2,5-6,10H,3-4H2,(H2,14,18)(H,15,17)(H,16,19)(H,20,21)/t10-/m0/s1. The number of nitrogens with two attached hydrogens (primary N) is 1. The molecule has 0 radical (unpaired) electrons. The number of nitrogens with zero attached hydrogens (tertiary/aromatic N) is 1. The number of carbonyl (C=O) groups is 3. The van der Waals surface area contributed by atoms with E-state index in [1.54, 1.807) is 24.4 Å². The number of aliphatic carboxylic acids is 1. The van der Waals surface area contributed by atoms with Crippen molar-refractivity contribution < 1.29 is 19.5 Å². The van der Waals surface area contributed by atoms with Crippen molar-refractivity contribution in [1.29, 1.82) is 0 Å². The molecule has 0 saturated carbocycles. The number of nitrogens with one attached hydrogen (secondary N) is 2. The molecule has 0 aliphatic heterocycles. The van der Waals surface area contributed by atoms with Crippen molar-refractivity contribution in [2.75, 3.05) is 0 Å². The fourth-order valence-electron chi connectivity index (χ4n) is 1.87. The number of hydrogen-bond donors (Lipinski definition) is 4. The van der Waals surface area contributed by atoms with Crippen molar-refractivity contribution in [3.8, 4) is 0 Å². The summed E-state index contributed by atoms with van der Waals surface area (Å²) in [6, 6.07) is 3.67. The zero-order valence-electron chi connectivity index (χ0n) is 11.0. The van der Waals surface area contributed by atoms with E-state index in [1.807, 2.05) is 0 Å². The predicted molar refractivity (Wildman–Crippen MR) is 73.4 cm³/mol. The van der Waals surface area contributed by atoms with Crippen LogP contribution in [0.5, 0.6) is 0 Å². The number of fused-ring (bicyclic) bond motifs is 1. The number of hydrogen-bond acceptors (Lipinski definition) is 4. The highest BCUT2D eigenvalue weighted by atomic mass is 16.4. The van der Waals surface area contributed by atoms with E-state index in [9.17, 15) is 14.4 Å². The number of carboxylic acids is 1. The zero-order chi connectivity index (χ0) is 15.4. The molecule has 8 nitrogen and oxygen atoms in total. The van der Waals surface area contributed by atoms with Crippen molar-refractivity contribution in [2.24, 2.45) is 5.73 Å². The molecule has 110 valence electrons. The Morgan fingerprint density at radius 3 is 2.81 bits per heavy atom. The molecule has 8 heteroatoms. The van der Waals surface area contributed by atoms with E-state index in [4.69, 9.17) is 10.8 Å². The highest BCUT2D eigenvalue weighted by molar-refractivity contribution is 5.99. The summed E-state index contributed by atoms with van der Waals surface area (Å²) < 4.78 is 0. The molecule has 5 N–H and O–H groups in total. The summed E-state index contributed by atoms with van der Waals surface area (Å²) in [6.07, 6.45) is 1.40. The van der Waals surface area contributed by atoms with Gasteiger partial charge in [-0.15, -0.1) is 0 Å². The van der Waals surface area contributed by atoms with Crippen LogP contribution < -0.4 is 11.1 Å². The lowest BCUT2D eigenvalue weighted by Crippen LogP contribution is -2.41. The van der Waals surface area contributed by atoms with Gasteiger partial charge in [-0.05, 0) is 24.6 Å². The van der Waals surface area contributed by atoms with Crippen LogP contribution in [-0.2, 0) is 9.59 Å². The van der Waals surface area contributed by atoms with Crippen molar-refractivity contribution in [3.05, 3.63) is 30.0 Å². The van der Waals surface area contributed by atoms with Gasteiger partial charge in [-0.2, -0.15) is 5.10 Å². The van der Waals surface area contributed by atoms with E-state index in [0.29, 0.717) is 5.56 Å². The van der Waals surface area contributed by atoms with Crippen LogP contribution >= 0.6 is 0 Å². The molecule has 2 amide bonds. The van der Waals surface area contributed by atoms with Gasteiger partial charge >= 0.3 is 5.97 Å². The maximum absolute atomic E-state index is 12.0. The summed E-state index contributed by atoms with van der Waals surface area (Å²) in [4.78, 5) is 33.8. The minimum atomic E-state index is -1.21. The van der Waals surface area contributed by atoms with Crippen molar-refractivity contribution in [2.45, 2.75) is 18.9 Å². The van der Waals surface area contributed by atoms with E-state index in [2.05, 4.69) is 15.5 Å². The van der Waals surface area contributed by atoms with E-state index < -0.39 is 23.8 Å². The number of H-pyrrole nitrogens is 1. The third-order valence-corrected chi connectivity index (χ3v) is 2.99. The average molecular weight is 290 g/mol. The molecular formula is C13H14N4O4. The Balaban J connectivity index is 2.10. The Labute approximate surface area is 119 Å². The van der Waals surface area contributed by atoms with Crippen LogP contribution in [0.2, 0.25) is 0 Å². The largest absolute Gasteiger partial charge is 0.480 e. The first-order chi connectivity index (χ1) is 9.97. The lowest BCUT2D eigenvalue weighted by Gasteiger charge is -2.13. The second-order valence-corrected chi connectivity index (χ2v) is 4.54. The summed E-state index contributed by atoms with van der Waals surface area (Å²) in [5.74, 6) is -2.36. The number of aromatic amines is 1. The molecular weight excluding hydrogens is 276 g/mol. The number of benzene rings is 1. The molecule has 1 heterocycles. The van der Waals surface area contributed by atoms with Crippen molar-refractivity contribution in [3.63, 3.8) is 0 Å². The molecule has 0 aliphatic rings. The zero-order valence-corrected chi connectivity index (χ0v) is 11.0. The third-order valence-electron chi connectivity index (χ3n) is 2.99. The summed E-state index contributed by atoms with van der Waals surface area (Å²) in [5.41, 5.74) is 6.07. The molecule has 0 saturated heterocycles. The second-order valence-electron chi connectivity index (χ2n) is 4.54. The fraction of sp³-hybridized carbons (Fsp3) is 0.231. The van der Waals surface area contributed by atoms with Gasteiger partial charge in [0.15, 0.2) is 0 Å². The topological polar surface area (TPSA) is 138 Å². The van der Waals surface area contributed by atoms with Gasteiger partial charge in [-0.1, -0.05) is 0 Å². The van der Waals surface area contributed by atoms with Gasteiger partial charge in [0.1, 0.15) is 6.04 Å². The number of primary amides is 1. The maximum Gasteiger partial charge on any atom is 0.326 e. The normalized spacial score (nSPS) is 12.0. The average Bonchev–Trinajstić information content (AvgIpc) is 2.89. The van der Waals surface area contributed by atoms with Crippen LogP contribution in [0.4, 0.5) is 0 Å². The Morgan fingerprint density at radius 2 is 2.14 bits per heavy atom. The van der Waals surface area contributed by atoms with Crippen molar-refractivity contribution >= 4 is 28.7 Å². The Bertz CT molecular complexity index is 694. The van der Waals surface area contributed by atoms with E-state index in [0.717, 1.165) is 10.9 Å². The minimum Gasteiger partial charge on any atom is -0.480 e. The Kier molecular flexibility index (Phi) is 4.17. The quantitative estimate of drug-likeness (QED) is 0.593. The molecule has 0 aliphatic carbocycles. The smallest absolute Gasteiger partial charge is 0.326 e. The van der Waals surface area contributed by atoms with Crippen LogP contribution in [0.3, 0.4) is 0 Å². The lowest BCUT2D eigenvalue weighted by molar-refractivity contribution is -0.139. The van der Waals surface area contributed by atoms with Gasteiger partial charge in [0.05, 0.1) is 11.7 Å². The summed E-state index contributed by atoms with van der Waals surface area (Å²) in [7, 11) is 0. The van der Waals surface area contributed by atoms with Gasteiger partial charge in [-0.25, -0.2) is 4.79 Å². The SMILES string of the molecule is NC(=O)CC[C@H](NC(=O)c1ccc2[nH]ncc2c1)C(=O)O. The number of carbonyl (C=O) groups excluding carboxylic acids is 2. The summed E-state index contributed by atoms with van der Waals surface area (Å²) in [5, 5.41) is 18.7. The first-order valence-electron chi connectivity index (χ1n) is 6.22. The monoisotopic (exact) mass is 290 g/mol. The fourth-order valence-corrected chi connectivity index (χ4v) is 1.87. The molecule has 0 unspecified atom stereocenters. The van der Waals surface area contributed by atoms with Gasteiger partial charge in [0.25, 0.3) is 5.91 Å². The third kappa shape index (κ3) is 3.56. The molecule has 2 rings (SSSR count). The molecule has 21 heavy (non-hydrogen) atoms. The number of amides is 2. The molecule has 0 bridgehead atoms. The predicted octanol–water partition coefficient (Wildman–Crippen LogP) is 0.0114. The van der Waals surface area contributed by atoms with E-state index >= 15 is 0 Å². The second kappa shape index (κ2) is 6.04. The van der Waals surface area contributed by atoms with Crippen LogP contribution in [0, 0.1) is 0 Å². The van der Waals surface area contributed by atoms with Crippen LogP contribution in [0.15, 0.2) is 24.4 Å². The summed E-state index contributed by atoms with van der Waals surface area (Å²) in [6.45, 7) is 0. The molecule has 2 aromatic rings.